The van der Waals surface area contributed by atoms with Crippen LogP contribution in [0.25, 0.3) is 0 Å². The summed E-state index contributed by atoms with van der Waals surface area (Å²) in [5.74, 6) is 0. The molecule has 0 aromatic carbocycles. The summed E-state index contributed by atoms with van der Waals surface area (Å²) in [6.45, 7) is 1.69. The van der Waals surface area contributed by atoms with Crippen LogP contribution in [-0.4, -0.2) is 11.4 Å². The van der Waals surface area contributed by atoms with Gasteiger partial charge in [-0.05, 0) is 6.92 Å². The van der Waals surface area contributed by atoms with E-state index < -0.39 is 6.04 Å². The number of nitrogens with two attached hydrogens (primary N) is 1. The predicted octanol–water partition coefficient (Wildman–Crippen LogP) is 0.465. The van der Waals surface area contributed by atoms with E-state index in [1.165, 1.54) is 0 Å². The normalized spacial score (nSPS) is 17.4. The molecule has 2 N–H and O–H groups in total. The Morgan fingerprint density at radius 2 is 2.29 bits per heavy atom. The minimum absolute atomic E-state index is 0.245. The third-order valence-electron chi connectivity index (χ3n) is 0.644. The highest BCUT2D eigenvalue weighted by molar-refractivity contribution is 6.21. The van der Waals surface area contributed by atoms with Gasteiger partial charge < -0.3 is 5.73 Å². The van der Waals surface area contributed by atoms with Crippen LogP contribution in [0.2, 0.25) is 0 Å². The van der Waals surface area contributed by atoms with Crippen molar-refractivity contribution < 1.29 is 0 Å². The van der Waals surface area contributed by atoms with Crippen LogP contribution in [0.5, 0.6) is 0 Å². The average Bonchev–Trinajstić information content (AvgIpc) is 1.65. The number of nitriles is 1. The fraction of sp³-hybridized carbons (Fsp3) is 0.750. The van der Waals surface area contributed by atoms with Crippen LogP contribution >= 0.6 is 11.6 Å². The van der Waals surface area contributed by atoms with Crippen molar-refractivity contribution in [2.24, 2.45) is 5.73 Å². The van der Waals surface area contributed by atoms with Crippen molar-refractivity contribution in [3.8, 4) is 6.07 Å². The summed E-state index contributed by atoms with van der Waals surface area (Å²) in [5, 5.41) is 7.80. The van der Waals surface area contributed by atoms with Crippen LogP contribution in [0.15, 0.2) is 0 Å². The maximum Gasteiger partial charge on any atom is 0.109 e. The lowest BCUT2D eigenvalue weighted by Gasteiger charge is -2.00. The highest BCUT2D eigenvalue weighted by Crippen LogP contribution is 1.95. The van der Waals surface area contributed by atoms with Gasteiger partial charge in [0.25, 0.3) is 0 Å². The van der Waals surface area contributed by atoms with E-state index in [1.54, 1.807) is 6.92 Å². The minimum Gasteiger partial charge on any atom is -0.315 e. The van der Waals surface area contributed by atoms with E-state index in [1.807, 2.05) is 6.07 Å². The van der Waals surface area contributed by atoms with E-state index in [2.05, 4.69) is 0 Å². The summed E-state index contributed by atoms with van der Waals surface area (Å²) < 4.78 is 0. The van der Waals surface area contributed by atoms with Crippen LogP contribution < -0.4 is 5.73 Å². The van der Waals surface area contributed by atoms with Gasteiger partial charge in [-0.1, -0.05) is 0 Å². The Kier molecular flexibility index (Phi) is 2.73. The van der Waals surface area contributed by atoms with Crippen LogP contribution in [-0.2, 0) is 0 Å². The van der Waals surface area contributed by atoms with Crippen LogP contribution in [0.1, 0.15) is 6.92 Å². The van der Waals surface area contributed by atoms with Crippen molar-refractivity contribution in [2.75, 3.05) is 0 Å². The molecule has 0 rings (SSSR count). The average molecular weight is 119 g/mol. The quantitative estimate of drug-likeness (QED) is 0.509. The standard InChI is InChI=1S/C4H7ClN2/c1-3(5)4(7)2-6/h3-4H,7H2,1H3. The summed E-state index contributed by atoms with van der Waals surface area (Å²) in [4.78, 5) is 0. The monoisotopic (exact) mass is 118 g/mol. The first-order valence-corrected chi connectivity index (χ1v) is 2.41. The van der Waals surface area contributed by atoms with E-state index in [9.17, 15) is 0 Å². The van der Waals surface area contributed by atoms with Gasteiger partial charge >= 0.3 is 0 Å². The molecule has 2 unspecified atom stereocenters. The number of nitrogens with zero attached hydrogens (tertiary/aromatic N) is 1. The molecule has 7 heavy (non-hydrogen) atoms. The van der Waals surface area contributed by atoms with Crippen LogP contribution in [0.3, 0.4) is 0 Å². The molecule has 0 saturated heterocycles. The molecular weight excluding hydrogens is 112 g/mol. The highest BCUT2D eigenvalue weighted by Gasteiger charge is 2.05. The topological polar surface area (TPSA) is 49.8 Å². The van der Waals surface area contributed by atoms with Crippen molar-refractivity contribution in [1.82, 2.24) is 0 Å². The smallest absolute Gasteiger partial charge is 0.109 e. The first kappa shape index (κ1) is 6.74. The number of halogens is 1. The third kappa shape index (κ3) is 2.44. The maximum atomic E-state index is 8.05. The van der Waals surface area contributed by atoms with Gasteiger partial charge in [-0.15, -0.1) is 11.6 Å². The zero-order chi connectivity index (χ0) is 5.86. The van der Waals surface area contributed by atoms with Crippen molar-refractivity contribution in [1.29, 1.82) is 5.26 Å². The minimum atomic E-state index is -0.526. The molecule has 0 bridgehead atoms. The molecule has 0 spiro atoms. The van der Waals surface area contributed by atoms with E-state index in [0.717, 1.165) is 0 Å². The van der Waals surface area contributed by atoms with Crippen molar-refractivity contribution in [3.63, 3.8) is 0 Å². The summed E-state index contributed by atoms with van der Waals surface area (Å²) in [5.41, 5.74) is 5.12. The van der Waals surface area contributed by atoms with Crippen molar-refractivity contribution in [3.05, 3.63) is 0 Å². The molecule has 0 saturated carbocycles. The Labute approximate surface area is 47.9 Å². The number of alkyl halides is 1. The van der Waals surface area contributed by atoms with Gasteiger partial charge in [0, 0.05) is 0 Å². The molecule has 2 nitrogen and oxygen atoms in total. The van der Waals surface area contributed by atoms with E-state index in [4.69, 9.17) is 22.6 Å². The highest BCUT2D eigenvalue weighted by atomic mass is 35.5. The molecule has 0 fully saturated rings. The van der Waals surface area contributed by atoms with Gasteiger partial charge in [-0.3, -0.25) is 0 Å². The molecule has 2 atom stereocenters. The van der Waals surface area contributed by atoms with Gasteiger partial charge in [0.05, 0.1) is 11.4 Å². The van der Waals surface area contributed by atoms with Crippen LogP contribution in [0.4, 0.5) is 0 Å². The number of hydrogen-bond donors (Lipinski definition) is 1. The fourth-order valence-corrected chi connectivity index (χ4v) is 0.159. The summed E-state index contributed by atoms with van der Waals surface area (Å²) in [7, 11) is 0. The Bertz CT molecular complexity index is 84.2. The lowest BCUT2D eigenvalue weighted by atomic mass is 10.3. The van der Waals surface area contributed by atoms with Gasteiger partial charge in [0.2, 0.25) is 0 Å². The molecule has 40 valence electrons. The van der Waals surface area contributed by atoms with Gasteiger partial charge in [0.1, 0.15) is 6.04 Å². The Hall–Kier alpha value is -0.260. The molecule has 0 aliphatic carbocycles. The first-order valence-electron chi connectivity index (χ1n) is 1.97. The van der Waals surface area contributed by atoms with Crippen molar-refractivity contribution in [2.45, 2.75) is 18.3 Å². The Morgan fingerprint density at radius 3 is 2.29 bits per heavy atom. The second kappa shape index (κ2) is 2.84. The molecule has 0 amide bonds. The first-order chi connectivity index (χ1) is 3.18. The number of rotatable bonds is 1. The molecule has 0 heterocycles. The van der Waals surface area contributed by atoms with E-state index >= 15 is 0 Å². The Morgan fingerprint density at radius 1 is 1.86 bits per heavy atom. The Balaban J connectivity index is 3.40. The molecule has 0 aliphatic rings. The van der Waals surface area contributed by atoms with E-state index in [0.29, 0.717) is 0 Å². The van der Waals surface area contributed by atoms with Gasteiger partial charge in [0.15, 0.2) is 0 Å². The summed E-state index contributed by atoms with van der Waals surface area (Å²) >= 11 is 5.38. The van der Waals surface area contributed by atoms with Gasteiger partial charge in [-0.25, -0.2) is 0 Å². The van der Waals surface area contributed by atoms with Gasteiger partial charge in [-0.2, -0.15) is 5.26 Å². The second-order valence-corrected chi connectivity index (χ2v) is 2.02. The zero-order valence-electron chi connectivity index (χ0n) is 4.06. The molecule has 0 aromatic heterocycles. The number of hydrogen-bond acceptors (Lipinski definition) is 2. The molecule has 0 aromatic rings. The van der Waals surface area contributed by atoms with Crippen LogP contribution in [0, 0.1) is 11.3 Å². The fourth-order valence-electron chi connectivity index (χ4n) is 0.103. The SMILES string of the molecule is CC(Cl)C(N)C#N. The molecule has 3 heteroatoms. The van der Waals surface area contributed by atoms with E-state index in [-0.39, 0.29) is 5.38 Å². The predicted molar refractivity (Wildman–Crippen MR) is 28.9 cm³/mol. The zero-order valence-corrected chi connectivity index (χ0v) is 4.81. The third-order valence-corrected chi connectivity index (χ3v) is 0.915. The van der Waals surface area contributed by atoms with Crippen molar-refractivity contribution >= 4 is 11.6 Å². The largest absolute Gasteiger partial charge is 0.315 e. The summed E-state index contributed by atoms with van der Waals surface area (Å²) in [6, 6.07) is 1.28. The lowest BCUT2D eigenvalue weighted by Crippen LogP contribution is -2.26. The molecule has 0 aliphatic heterocycles. The maximum absolute atomic E-state index is 8.05. The second-order valence-electron chi connectivity index (χ2n) is 1.33. The lowest BCUT2D eigenvalue weighted by molar-refractivity contribution is 0.804. The summed E-state index contributed by atoms with van der Waals surface area (Å²) in [6.07, 6.45) is 0. The molecule has 0 radical (unpaired) electrons. The molecular formula is C4H7ClN2.